The number of nitrogens with zero attached hydrogens (tertiary/aromatic N) is 1. The first-order valence-electron chi connectivity index (χ1n) is 8.89. The zero-order valence-corrected chi connectivity index (χ0v) is 17.4. The summed E-state index contributed by atoms with van der Waals surface area (Å²) in [6.45, 7) is 3.22. The fourth-order valence-corrected chi connectivity index (χ4v) is 4.98. The van der Waals surface area contributed by atoms with E-state index in [0.29, 0.717) is 25.8 Å². The van der Waals surface area contributed by atoms with E-state index in [1.54, 1.807) is 6.92 Å². The van der Waals surface area contributed by atoms with Crippen LogP contribution >= 0.6 is 23.1 Å². The van der Waals surface area contributed by atoms with Crippen LogP contribution in [0, 0.1) is 6.92 Å². The summed E-state index contributed by atoms with van der Waals surface area (Å²) in [5, 5.41) is 5.71. The van der Waals surface area contributed by atoms with Crippen molar-refractivity contribution in [2.24, 2.45) is 0 Å². The minimum absolute atomic E-state index is 0.0893. The number of amides is 1. The van der Waals surface area contributed by atoms with E-state index >= 15 is 0 Å². The lowest BCUT2D eigenvalue weighted by Crippen LogP contribution is -2.15. The fraction of sp³-hybridized carbons (Fsp3) is 0.143. The Hall–Kier alpha value is -2.97. The van der Waals surface area contributed by atoms with Gasteiger partial charge in [-0.3, -0.25) is 14.4 Å². The summed E-state index contributed by atoms with van der Waals surface area (Å²) in [7, 11) is 0. The van der Waals surface area contributed by atoms with Gasteiger partial charge in [0.05, 0.1) is 16.0 Å². The van der Waals surface area contributed by atoms with Crippen molar-refractivity contribution in [2.75, 3.05) is 11.1 Å². The first-order valence-corrected chi connectivity index (χ1v) is 10.7. The summed E-state index contributed by atoms with van der Waals surface area (Å²) in [6, 6.07) is 13.6. The molecule has 0 spiro atoms. The molecule has 0 saturated carbocycles. The van der Waals surface area contributed by atoms with E-state index in [1.165, 1.54) is 18.3 Å². The van der Waals surface area contributed by atoms with Gasteiger partial charge in [0.1, 0.15) is 4.83 Å². The predicted octanol–water partition coefficient (Wildman–Crippen LogP) is 4.38. The topological polar surface area (TPSA) is 91.9 Å². The van der Waals surface area contributed by atoms with Crippen LogP contribution in [0.4, 0.5) is 5.69 Å². The van der Waals surface area contributed by atoms with Crippen molar-refractivity contribution in [3.8, 4) is 0 Å². The van der Waals surface area contributed by atoms with Crippen molar-refractivity contribution in [3.05, 3.63) is 63.3 Å². The van der Waals surface area contributed by atoms with E-state index in [2.05, 4.69) is 15.3 Å². The standard InChI is InChI=1S/C21H17N3O3S2/c1-11-17-19(27)23-21(24-20(17)29-18(11)12(2)25)28-10-16(26)22-15-9-5-7-13-6-3-4-8-14(13)15/h3-9H,10H2,1-2H3,(H,22,26)(H,23,24,27). The number of hydrogen-bond donors (Lipinski definition) is 2. The molecule has 0 aliphatic heterocycles. The highest BCUT2D eigenvalue weighted by atomic mass is 32.2. The van der Waals surface area contributed by atoms with Gasteiger partial charge in [0.2, 0.25) is 5.91 Å². The van der Waals surface area contributed by atoms with E-state index < -0.39 is 0 Å². The largest absolute Gasteiger partial charge is 0.325 e. The minimum Gasteiger partial charge on any atom is -0.325 e. The van der Waals surface area contributed by atoms with Gasteiger partial charge in [-0.1, -0.05) is 48.2 Å². The number of hydrogen-bond acceptors (Lipinski definition) is 6. The van der Waals surface area contributed by atoms with Gasteiger partial charge in [0, 0.05) is 11.1 Å². The van der Waals surface area contributed by atoms with E-state index in [4.69, 9.17) is 0 Å². The summed E-state index contributed by atoms with van der Waals surface area (Å²) >= 11 is 2.35. The Morgan fingerprint density at radius 2 is 1.93 bits per heavy atom. The lowest BCUT2D eigenvalue weighted by molar-refractivity contribution is -0.113. The zero-order chi connectivity index (χ0) is 20.5. The van der Waals surface area contributed by atoms with Crippen molar-refractivity contribution in [1.29, 1.82) is 0 Å². The van der Waals surface area contributed by atoms with Crippen molar-refractivity contribution in [2.45, 2.75) is 19.0 Å². The number of aromatic amines is 1. The highest BCUT2D eigenvalue weighted by molar-refractivity contribution is 7.99. The molecule has 2 N–H and O–H groups in total. The zero-order valence-electron chi connectivity index (χ0n) is 15.7. The lowest BCUT2D eigenvalue weighted by Gasteiger charge is -2.08. The average molecular weight is 424 g/mol. The smallest absolute Gasteiger partial charge is 0.260 e. The molecule has 0 bridgehead atoms. The monoisotopic (exact) mass is 423 g/mol. The van der Waals surface area contributed by atoms with E-state index in [9.17, 15) is 14.4 Å². The number of aryl methyl sites for hydroxylation is 1. The molecule has 2 heterocycles. The van der Waals surface area contributed by atoms with Gasteiger partial charge < -0.3 is 10.3 Å². The minimum atomic E-state index is -0.298. The first kappa shape index (κ1) is 19.4. The Kier molecular flexibility index (Phi) is 5.21. The number of carbonyl (C=O) groups is 2. The van der Waals surface area contributed by atoms with E-state index in [1.807, 2.05) is 42.5 Å². The second-order valence-corrected chi connectivity index (χ2v) is 8.49. The molecule has 0 radical (unpaired) electrons. The number of benzene rings is 2. The number of fused-ring (bicyclic) bond motifs is 2. The number of ketones is 1. The van der Waals surface area contributed by atoms with E-state index in [-0.39, 0.29) is 23.0 Å². The Morgan fingerprint density at radius 1 is 1.17 bits per heavy atom. The van der Waals surface area contributed by atoms with Crippen molar-refractivity contribution >= 4 is 61.5 Å². The maximum atomic E-state index is 12.4. The summed E-state index contributed by atoms with van der Waals surface area (Å²) in [5.74, 6) is -0.184. The molecular weight excluding hydrogens is 406 g/mol. The van der Waals surface area contributed by atoms with Crippen LogP contribution in [0.5, 0.6) is 0 Å². The Morgan fingerprint density at radius 3 is 2.72 bits per heavy atom. The van der Waals surface area contributed by atoms with Crippen LogP contribution in [0.2, 0.25) is 0 Å². The van der Waals surface area contributed by atoms with Crippen molar-refractivity contribution < 1.29 is 9.59 Å². The predicted molar refractivity (Wildman–Crippen MR) is 118 cm³/mol. The Balaban J connectivity index is 1.52. The highest BCUT2D eigenvalue weighted by Gasteiger charge is 2.17. The van der Waals surface area contributed by atoms with Crippen LogP contribution in [0.25, 0.3) is 21.0 Å². The molecule has 0 atom stereocenters. The fourth-order valence-electron chi connectivity index (χ4n) is 3.18. The van der Waals surface area contributed by atoms with Gasteiger partial charge in [-0.15, -0.1) is 11.3 Å². The molecule has 0 fully saturated rings. The van der Waals surface area contributed by atoms with Gasteiger partial charge in [-0.25, -0.2) is 4.98 Å². The van der Waals surface area contributed by atoms with Gasteiger partial charge in [-0.2, -0.15) is 0 Å². The Bertz CT molecular complexity index is 1320. The maximum absolute atomic E-state index is 12.4. The maximum Gasteiger partial charge on any atom is 0.260 e. The molecule has 2 aromatic heterocycles. The quantitative estimate of drug-likeness (QED) is 0.282. The number of Topliss-reactive ketones (excluding diaryl/α,β-unsaturated/α-hetero) is 1. The number of thioether (sulfide) groups is 1. The van der Waals surface area contributed by atoms with Gasteiger partial charge in [0.25, 0.3) is 5.56 Å². The second-order valence-electron chi connectivity index (χ2n) is 6.53. The number of H-pyrrole nitrogens is 1. The first-order chi connectivity index (χ1) is 13.9. The molecule has 0 unspecified atom stereocenters. The van der Waals surface area contributed by atoms with Crippen LogP contribution in [-0.4, -0.2) is 27.4 Å². The van der Waals surface area contributed by atoms with Crippen molar-refractivity contribution in [1.82, 2.24) is 9.97 Å². The molecule has 146 valence electrons. The summed E-state index contributed by atoms with van der Waals surface area (Å²) in [5.41, 5.74) is 1.09. The molecular formula is C21H17N3O3S2. The lowest BCUT2D eigenvalue weighted by atomic mass is 10.1. The SMILES string of the molecule is CC(=O)c1sc2nc(SCC(=O)Nc3cccc4ccccc34)[nH]c(=O)c2c1C. The summed E-state index contributed by atoms with van der Waals surface area (Å²) in [6.07, 6.45) is 0. The van der Waals surface area contributed by atoms with Crippen LogP contribution in [0.3, 0.4) is 0 Å². The Labute approximate surface area is 174 Å². The average Bonchev–Trinajstić information content (AvgIpc) is 3.04. The molecule has 0 saturated heterocycles. The third kappa shape index (κ3) is 3.81. The van der Waals surface area contributed by atoms with Crippen LogP contribution < -0.4 is 10.9 Å². The number of rotatable bonds is 5. The van der Waals surface area contributed by atoms with Gasteiger partial charge >= 0.3 is 0 Å². The third-order valence-electron chi connectivity index (χ3n) is 4.50. The normalized spacial score (nSPS) is 11.1. The molecule has 0 aliphatic carbocycles. The molecule has 6 nitrogen and oxygen atoms in total. The second kappa shape index (κ2) is 7.81. The molecule has 8 heteroatoms. The highest BCUT2D eigenvalue weighted by Crippen LogP contribution is 2.29. The van der Waals surface area contributed by atoms with Gasteiger partial charge in [0.15, 0.2) is 10.9 Å². The molecule has 4 rings (SSSR count). The number of nitrogens with one attached hydrogen (secondary N) is 2. The number of thiophene rings is 1. The van der Waals surface area contributed by atoms with Crippen LogP contribution in [-0.2, 0) is 4.79 Å². The number of carbonyl (C=O) groups excluding carboxylic acids is 2. The molecule has 29 heavy (non-hydrogen) atoms. The van der Waals surface area contributed by atoms with Gasteiger partial charge in [-0.05, 0) is 30.9 Å². The van der Waals surface area contributed by atoms with Crippen LogP contribution in [0.15, 0.2) is 52.4 Å². The van der Waals surface area contributed by atoms with Crippen LogP contribution in [0.1, 0.15) is 22.2 Å². The molecule has 0 aliphatic rings. The summed E-state index contributed by atoms with van der Waals surface area (Å²) in [4.78, 5) is 44.8. The molecule has 4 aromatic rings. The number of aromatic nitrogens is 2. The third-order valence-corrected chi connectivity index (χ3v) is 6.66. The van der Waals surface area contributed by atoms with Crippen molar-refractivity contribution in [3.63, 3.8) is 0 Å². The van der Waals surface area contributed by atoms with E-state index in [0.717, 1.165) is 28.2 Å². The summed E-state index contributed by atoms with van der Waals surface area (Å²) < 4.78 is 0. The molecule has 1 amide bonds. The molecule has 2 aromatic carbocycles. The number of anilines is 1.